The van der Waals surface area contributed by atoms with E-state index in [0.29, 0.717) is 0 Å². The number of ether oxygens (including phenoxy) is 11. The Balaban J connectivity index is 1.16. The van der Waals surface area contributed by atoms with Crippen molar-refractivity contribution in [2.75, 3.05) is 26.4 Å². The van der Waals surface area contributed by atoms with Crippen molar-refractivity contribution >= 4 is 5.91 Å². The van der Waals surface area contributed by atoms with Crippen LogP contribution in [0.1, 0.15) is 20.8 Å². The molecule has 0 aromatic carbocycles. The highest BCUT2D eigenvalue weighted by atomic mass is 16.8. The molecule has 6 aliphatic rings. The second-order valence-electron chi connectivity index (χ2n) is 17.5. The Kier molecular flexibility index (Phi) is 19.2. The lowest BCUT2D eigenvalue weighted by Crippen LogP contribution is -2.70. The van der Waals surface area contributed by atoms with Crippen molar-refractivity contribution in [1.29, 1.82) is 0 Å². The first-order valence-corrected chi connectivity index (χ1v) is 21.8. The van der Waals surface area contributed by atoms with E-state index in [-0.39, 0.29) is 0 Å². The summed E-state index contributed by atoms with van der Waals surface area (Å²) in [6.45, 7) is 0.169. The van der Waals surface area contributed by atoms with Crippen molar-refractivity contribution in [2.45, 2.75) is 205 Å². The van der Waals surface area contributed by atoms with Crippen LogP contribution < -0.4 is 5.32 Å². The van der Waals surface area contributed by atoms with Gasteiger partial charge in [-0.25, -0.2) is 0 Å². The number of aliphatic hydroxyl groups excluding tert-OH is 17. The molecule has 30 nitrogen and oxygen atoms in total. The van der Waals surface area contributed by atoms with Gasteiger partial charge in [0.05, 0.1) is 38.6 Å². The second kappa shape index (κ2) is 23.5. The summed E-state index contributed by atoms with van der Waals surface area (Å²) in [5.41, 5.74) is 0. The molecule has 0 spiro atoms. The van der Waals surface area contributed by atoms with Crippen LogP contribution in [0, 0.1) is 0 Å². The Hall–Kier alpha value is -1.65. The highest BCUT2D eigenvalue weighted by molar-refractivity contribution is 5.73. The summed E-state index contributed by atoms with van der Waals surface area (Å²) < 4.78 is 62.1. The Morgan fingerprint density at radius 3 is 1.19 bits per heavy atom. The van der Waals surface area contributed by atoms with Crippen LogP contribution in [0.3, 0.4) is 0 Å². The topological polar surface area (TPSA) is 475 Å². The predicted octanol–water partition coefficient (Wildman–Crippen LogP) is -11.9. The molecule has 0 aromatic rings. The SMILES string of the molecule is CC(=O)N[C@H]1[C@H](O[C@H]2[C@@H](O)[C@@H](CO)O[C@@H](O[C@H]3[C@@H](O)[C@H](O)[C@@H](O[C@H]4[C@H](O)[C@@H](CO)OC(O)[C@@H]4O)O[C@H]3C)[C@@H]2O)O[C@H](CO)[C@@H](O)[C@@H]1O[C@H]1O[C@@H](C)[C@@H](O[C@@H]2O[C@H](CO)[C@H](O)[C@H](O)[C@H]2O)[C@@H](O)[C@@H]1O. The molecule has 0 aromatic heterocycles. The summed E-state index contributed by atoms with van der Waals surface area (Å²) in [7, 11) is 0. The van der Waals surface area contributed by atoms with Crippen LogP contribution in [0.25, 0.3) is 0 Å². The molecule has 1 amide bonds. The molecule has 0 aliphatic carbocycles. The van der Waals surface area contributed by atoms with Crippen LogP contribution in [0.5, 0.6) is 0 Å². The molecule has 0 radical (unpaired) electrons. The monoisotopic (exact) mass is 999 g/mol. The molecule has 6 fully saturated rings. The highest BCUT2D eigenvalue weighted by Crippen LogP contribution is 2.37. The van der Waals surface area contributed by atoms with Gasteiger partial charge in [0.25, 0.3) is 0 Å². The average Bonchev–Trinajstić information content (AvgIpc) is 3.30. The third-order valence-electron chi connectivity index (χ3n) is 12.7. The highest BCUT2D eigenvalue weighted by Gasteiger charge is 2.57. The summed E-state index contributed by atoms with van der Waals surface area (Å²) in [6.07, 6.45) is -51.5. The average molecular weight is 1000 g/mol. The maximum absolute atomic E-state index is 12.6. The number of amides is 1. The summed E-state index contributed by atoms with van der Waals surface area (Å²) in [5, 5.41) is 183. The van der Waals surface area contributed by atoms with Crippen LogP contribution in [0.4, 0.5) is 0 Å². The molecule has 6 aliphatic heterocycles. The molecule has 30 heteroatoms. The molecule has 0 saturated carbocycles. The van der Waals surface area contributed by atoms with Gasteiger partial charge in [0.1, 0.15) is 134 Å². The van der Waals surface area contributed by atoms with Gasteiger partial charge < -0.3 is 144 Å². The molecule has 6 rings (SSSR count). The fraction of sp³-hybridized carbons (Fsp3) is 0.974. The number of hydrogen-bond acceptors (Lipinski definition) is 29. The van der Waals surface area contributed by atoms with Gasteiger partial charge in [-0.15, -0.1) is 0 Å². The Labute approximate surface area is 386 Å². The number of hydrogen-bond donors (Lipinski definition) is 18. The number of nitrogens with one attached hydrogen (secondary N) is 1. The summed E-state index contributed by atoms with van der Waals surface area (Å²) >= 11 is 0. The normalized spacial score (nSPS) is 52.6. The van der Waals surface area contributed by atoms with E-state index in [2.05, 4.69) is 5.32 Å². The molecule has 18 N–H and O–H groups in total. The third kappa shape index (κ3) is 11.4. The van der Waals surface area contributed by atoms with Crippen molar-refractivity contribution in [1.82, 2.24) is 5.32 Å². The Morgan fingerprint density at radius 1 is 0.382 bits per heavy atom. The standard InChI is InChI=1S/C38H65NO29/c1-8-28(64-37-23(52)20(49)16(45)11(4-40)62-37)21(50)24(53)35(58-8)66-30-15(39-10(3)44)34(61-13(6-42)17(30)46)67-32-19(48)14(7-43)63-38(27(32)56)65-29-9(2)59-36(25(54)22(29)51)68-31-18(47)12(5-41)60-33(57)26(31)55/h8-9,11-38,40-43,45-57H,4-7H2,1-3H3,(H,39,44)/t8-,9-,11+,12+,13+,14+,15+,16-,17+,18+,19-,20-,21-,22-,23+,24-,25-,26+,27+,28+,29+,30+,31-,32-,33?,34-,35+,36+,37-,38-/m0/s1. The van der Waals surface area contributed by atoms with Crippen molar-refractivity contribution < 1.29 is 144 Å². The van der Waals surface area contributed by atoms with E-state index in [0.717, 1.165) is 6.92 Å². The first-order chi connectivity index (χ1) is 32.1. The van der Waals surface area contributed by atoms with Crippen molar-refractivity contribution in [3.63, 3.8) is 0 Å². The molecule has 0 bridgehead atoms. The smallest absolute Gasteiger partial charge is 0.217 e. The lowest BCUT2D eigenvalue weighted by molar-refractivity contribution is -0.388. The van der Waals surface area contributed by atoms with Gasteiger partial charge in [0.2, 0.25) is 5.91 Å². The number of carbonyl (C=O) groups excluding carboxylic acids is 1. The summed E-state index contributed by atoms with van der Waals surface area (Å²) in [6, 6.07) is -1.69. The first kappa shape index (κ1) is 55.7. The summed E-state index contributed by atoms with van der Waals surface area (Å²) in [5.74, 6) is -0.809. The molecule has 30 atom stereocenters. The van der Waals surface area contributed by atoms with Gasteiger partial charge in [0, 0.05) is 6.92 Å². The minimum atomic E-state index is -2.11. The van der Waals surface area contributed by atoms with Gasteiger partial charge in [-0.1, -0.05) is 0 Å². The van der Waals surface area contributed by atoms with Gasteiger partial charge in [-0.05, 0) is 13.8 Å². The van der Waals surface area contributed by atoms with E-state index in [1.54, 1.807) is 0 Å². The number of rotatable bonds is 15. The first-order valence-electron chi connectivity index (χ1n) is 21.8. The van der Waals surface area contributed by atoms with Crippen molar-refractivity contribution in [3.8, 4) is 0 Å². The van der Waals surface area contributed by atoms with Gasteiger partial charge in [-0.2, -0.15) is 0 Å². The quantitative estimate of drug-likeness (QED) is 0.0724. The molecule has 6 heterocycles. The van der Waals surface area contributed by atoms with E-state index in [1.165, 1.54) is 13.8 Å². The van der Waals surface area contributed by atoms with E-state index >= 15 is 0 Å². The lowest BCUT2D eigenvalue weighted by Gasteiger charge is -2.50. The second-order valence-corrected chi connectivity index (χ2v) is 17.5. The molecule has 68 heavy (non-hydrogen) atoms. The maximum Gasteiger partial charge on any atom is 0.217 e. The van der Waals surface area contributed by atoms with Crippen LogP contribution in [0.15, 0.2) is 0 Å². The van der Waals surface area contributed by atoms with E-state index in [1.807, 2.05) is 0 Å². The Bertz CT molecular complexity index is 1590. The van der Waals surface area contributed by atoms with E-state index < -0.39 is 217 Å². The minimum Gasteiger partial charge on any atom is -0.394 e. The van der Waals surface area contributed by atoms with E-state index in [9.17, 15) is 91.6 Å². The van der Waals surface area contributed by atoms with Crippen molar-refractivity contribution in [3.05, 3.63) is 0 Å². The number of aliphatic hydroxyl groups is 17. The van der Waals surface area contributed by atoms with Gasteiger partial charge in [-0.3, -0.25) is 4.79 Å². The minimum absolute atomic E-state index is 0.796. The van der Waals surface area contributed by atoms with Gasteiger partial charge >= 0.3 is 0 Å². The molecule has 396 valence electrons. The maximum atomic E-state index is 12.6. The predicted molar refractivity (Wildman–Crippen MR) is 208 cm³/mol. The van der Waals surface area contributed by atoms with Crippen LogP contribution >= 0.6 is 0 Å². The molecule has 1 unspecified atom stereocenters. The van der Waals surface area contributed by atoms with Crippen LogP contribution in [0.2, 0.25) is 0 Å². The van der Waals surface area contributed by atoms with Crippen molar-refractivity contribution in [2.24, 2.45) is 0 Å². The molecule has 6 saturated heterocycles. The molecular weight excluding hydrogens is 934 g/mol. The van der Waals surface area contributed by atoms with Crippen LogP contribution in [-0.4, -0.2) is 303 Å². The lowest BCUT2D eigenvalue weighted by atomic mass is 9.94. The van der Waals surface area contributed by atoms with E-state index in [4.69, 9.17) is 52.1 Å². The zero-order valence-corrected chi connectivity index (χ0v) is 36.7. The van der Waals surface area contributed by atoms with Gasteiger partial charge in [0.15, 0.2) is 37.7 Å². The zero-order chi connectivity index (χ0) is 50.2. The van der Waals surface area contributed by atoms with Crippen LogP contribution in [-0.2, 0) is 56.9 Å². The molecular formula is C38H65NO29. The largest absolute Gasteiger partial charge is 0.394 e. The third-order valence-corrected chi connectivity index (χ3v) is 12.7. The number of carbonyl (C=O) groups is 1. The summed E-state index contributed by atoms with van der Waals surface area (Å²) in [4.78, 5) is 12.6. The zero-order valence-electron chi connectivity index (χ0n) is 36.7. The fourth-order valence-corrected chi connectivity index (χ4v) is 8.85. The Morgan fingerprint density at radius 2 is 0.721 bits per heavy atom. The fourth-order valence-electron chi connectivity index (χ4n) is 8.85.